The fourth-order valence-electron chi connectivity index (χ4n) is 3.84. The Morgan fingerprint density at radius 1 is 1.12 bits per heavy atom. The molecule has 1 unspecified atom stereocenters. The van der Waals surface area contributed by atoms with Crippen LogP contribution in [0.25, 0.3) is 0 Å². The number of nitrogens with two attached hydrogens (primary N) is 1. The predicted octanol–water partition coefficient (Wildman–Crippen LogP) is 1.18. The van der Waals surface area contributed by atoms with Gasteiger partial charge in [0.05, 0.1) is 5.92 Å². The number of hydrogen-bond donors (Lipinski definition) is 2. The number of benzene rings is 1. The average Bonchev–Trinajstić information content (AvgIpc) is 2.67. The summed E-state index contributed by atoms with van der Waals surface area (Å²) in [6, 6.07) is 9.93. The van der Waals surface area contributed by atoms with Crippen molar-refractivity contribution in [3.05, 3.63) is 35.9 Å². The van der Waals surface area contributed by atoms with Gasteiger partial charge in [0.1, 0.15) is 6.04 Å². The third-order valence-electron chi connectivity index (χ3n) is 5.22. The van der Waals surface area contributed by atoms with Crippen LogP contribution in [0.15, 0.2) is 30.3 Å². The lowest BCUT2D eigenvalue weighted by Gasteiger charge is -2.37. The molecule has 0 saturated carbocycles. The van der Waals surface area contributed by atoms with E-state index in [9.17, 15) is 9.59 Å². The number of rotatable bonds is 3. The maximum Gasteiger partial charge on any atom is 0.329 e. The molecule has 0 radical (unpaired) electrons. The van der Waals surface area contributed by atoms with E-state index < -0.39 is 17.9 Å². The van der Waals surface area contributed by atoms with E-state index in [0.717, 1.165) is 38.9 Å². The quantitative estimate of drug-likeness (QED) is 0.813. The first-order valence-electron chi connectivity index (χ1n) is 8.68. The molecular formula is C18H25N3O3. The van der Waals surface area contributed by atoms with Crippen LogP contribution in [0.5, 0.6) is 0 Å². The molecule has 1 amide bonds. The number of piperidine rings is 2. The van der Waals surface area contributed by atoms with Crippen molar-refractivity contribution in [2.24, 2.45) is 11.8 Å². The minimum Gasteiger partial charge on any atom is -0.373 e. The van der Waals surface area contributed by atoms with E-state index in [0.29, 0.717) is 12.3 Å². The monoisotopic (exact) mass is 331 g/mol. The first-order chi connectivity index (χ1) is 11.7. The lowest BCUT2D eigenvalue weighted by Crippen LogP contribution is -2.56. The molecule has 2 atom stereocenters. The van der Waals surface area contributed by atoms with Crippen molar-refractivity contribution in [3.63, 3.8) is 0 Å². The fraction of sp³-hybridized carbons (Fsp3) is 0.556. The predicted molar refractivity (Wildman–Crippen MR) is 89.8 cm³/mol. The molecule has 2 fully saturated rings. The smallest absolute Gasteiger partial charge is 0.329 e. The van der Waals surface area contributed by atoms with Crippen molar-refractivity contribution in [1.82, 2.24) is 10.2 Å². The lowest BCUT2D eigenvalue weighted by atomic mass is 9.87. The summed E-state index contributed by atoms with van der Waals surface area (Å²) in [6.45, 7) is 2.19. The second kappa shape index (κ2) is 7.77. The highest BCUT2D eigenvalue weighted by Crippen LogP contribution is 2.29. The van der Waals surface area contributed by atoms with Gasteiger partial charge in [-0.05, 0) is 43.7 Å². The molecule has 130 valence electrons. The highest BCUT2D eigenvalue weighted by Gasteiger charge is 2.39. The van der Waals surface area contributed by atoms with Gasteiger partial charge in [-0.1, -0.05) is 30.3 Å². The van der Waals surface area contributed by atoms with Gasteiger partial charge in [0.2, 0.25) is 5.91 Å². The van der Waals surface area contributed by atoms with Crippen LogP contribution in [-0.2, 0) is 14.4 Å². The molecule has 0 bridgehead atoms. The zero-order valence-corrected chi connectivity index (χ0v) is 13.8. The molecule has 2 aliphatic rings. The van der Waals surface area contributed by atoms with Crippen LogP contribution >= 0.6 is 0 Å². The summed E-state index contributed by atoms with van der Waals surface area (Å²) in [7, 11) is 0. The molecule has 6 heteroatoms. The van der Waals surface area contributed by atoms with E-state index in [1.165, 1.54) is 5.56 Å². The summed E-state index contributed by atoms with van der Waals surface area (Å²) in [6.07, 6.45) is 3.39. The maximum atomic E-state index is 12.8. The van der Waals surface area contributed by atoms with Crippen LogP contribution in [0.1, 0.15) is 37.2 Å². The standard InChI is InChI=1S/C18H25N3O3/c19-24-18(23)15-7-4-10-20-16(15)17(22)21-11-8-14(9-12-21)13-5-2-1-3-6-13/h1-3,5-6,14-16,20H,4,7-12,19H2/t15?,16-/m0/s1. The Morgan fingerprint density at radius 2 is 1.83 bits per heavy atom. The second-order valence-electron chi connectivity index (χ2n) is 6.63. The first kappa shape index (κ1) is 16.9. The van der Waals surface area contributed by atoms with Gasteiger partial charge < -0.3 is 15.1 Å². The number of hydrogen-bond acceptors (Lipinski definition) is 5. The first-order valence-corrected chi connectivity index (χ1v) is 8.68. The summed E-state index contributed by atoms with van der Waals surface area (Å²) in [5, 5.41) is 3.18. The number of likely N-dealkylation sites (tertiary alicyclic amines) is 1. The van der Waals surface area contributed by atoms with Crippen LogP contribution in [0.4, 0.5) is 0 Å². The van der Waals surface area contributed by atoms with Crippen molar-refractivity contribution < 1.29 is 14.4 Å². The van der Waals surface area contributed by atoms with E-state index >= 15 is 0 Å². The van der Waals surface area contributed by atoms with Gasteiger partial charge in [-0.3, -0.25) is 4.79 Å². The third kappa shape index (κ3) is 3.60. The summed E-state index contributed by atoms with van der Waals surface area (Å²) in [5.74, 6) is 4.54. The Hall–Kier alpha value is -1.92. The molecular weight excluding hydrogens is 306 g/mol. The van der Waals surface area contributed by atoms with Gasteiger partial charge in [-0.25, -0.2) is 4.79 Å². The molecule has 3 N–H and O–H groups in total. The van der Waals surface area contributed by atoms with Crippen molar-refractivity contribution in [1.29, 1.82) is 0 Å². The Labute approximate surface area is 142 Å². The lowest BCUT2D eigenvalue weighted by molar-refractivity contribution is -0.155. The number of nitrogens with one attached hydrogen (secondary N) is 1. The minimum absolute atomic E-state index is 0.00314. The third-order valence-corrected chi connectivity index (χ3v) is 5.22. The summed E-state index contributed by atoms with van der Waals surface area (Å²) < 4.78 is 0. The van der Waals surface area contributed by atoms with Crippen molar-refractivity contribution in [3.8, 4) is 0 Å². The normalized spacial score (nSPS) is 25.3. The number of carbonyl (C=O) groups is 2. The molecule has 0 aromatic heterocycles. The topological polar surface area (TPSA) is 84.7 Å². The fourth-order valence-corrected chi connectivity index (χ4v) is 3.84. The van der Waals surface area contributed by atoms with Gasteiger partial charge in [0.15, 0.2) is 0 Å². The Morgan fingerprint density at radius 3 is 2.50 bits per heavy atom. The second-order valence-corrected chi connectivity index (χ2v) is 6.63. The largest absolute Gasteiger partial charge is 0.373 e. The zero-order valence-electron chi connectivity index (χ0n) is 13.8. The highest BCUT2D eigenvalue weighted by atomic mass is 16.7. The van der Waals surface area contributed by atoms with E-state index in [2.05, 4.69) is 34.4 Å². The molecule has 24 heavy (non-hydrogen) atoms. The zero-order chi connectivity index (χ0) is 16.9. The molecule has 2 saturated heterocycles. The minimum atomic E-state index is -0.511. The van der Waals surface area contributed by atoms with Crippen molar-refractivity contribution in [2.45, 2.75) is 37.6 Å². The van der Waals surface area contributed by atoms with Gasteiger partial charge in [-0.2, -0.15) is 5.90 Å². The number of amides is 1. The summed E-state index contributed by atoms with van der Waals surface area (Å²) in [4.78, 5) is 30.9. The van der Waals surface area contributed by atoms with Crippen molar-refractivity contribution >= 4 is 11.9 Å². The average molecular weight is 331 g/mol. The summed E-state index contributed by atoms with van der Waals surface area (Å²) in [5.41, 5.74) is 1.34. The van der Waals surface area contributed by atoms with E-state index in [1.54, 1.807) is 0 Å². The number of carbonyl (C=O) groups excluding carboxylic acids is 2. The Balaban J connectivity index is 1.61. The molecule has 0 aliphatic carbocycles. The van der Waals surface area contributed by atoms with Crippen LogP contribution in [-0.4, -0.2) is 42.5 Å². The van der Waals surface area contributed by atoms with Crippen LogP contribution < -0.4 is 11.2 Å². The van der Waals surface area contributed by atoms with Crippen LogP contribution in [0.2, 0.25) is 0 Å². The highest BCUT2D eigenvalue weighted by molar-refractivity contribution is 5.88. The SMILES string of the molecule is NOC(=O)C1CCCN[C@@H]1C(=O)N1CCC(c2ccccc2)CC1. The van der Waals surface area contributed by atoms with E-state index in [4.69, 9.17) is 5.90 Å². The number of nitrogens with zero attached hydrogens (tertiary/aromatic N) is 1. The molecule has 2 heterocycles. The molecule has 2 aliphatic heterocycles. The molecule has 1 aromatic carbocycles. The Bertz CT molecular complexity index is 570. The van der Waals surface area contributed by atoms with Gasteiger partial charge in [-0.15, -0.1) is 0 Å². The van der Waals surface area contributed by atoms with E-state index in [-0.39, 0.29) is 5.91 Å². The van der Waals surface area contributed by atoms with Gasteiger partial charge >= 0.3 is 5.97 Å². The van der Waals surface area contributed by atoms with Crippen LogP contribution in [0, 0.1) is 5.92 Å². The molecule has 6 nitrogen and oxygen atoms in total. The molecule has 3 rings (SSSR count). The van der Waals surface area contributed by atoms with Gasteiger partial charge in [0, 0.05) is 13.1 Å². The molecule has 0 spiro atoms. The van der Waals surface area contributed by atoms with Gasteiger partial charge in [0.25, 0.3) is 0 Å². The van der Waals surface area contributed by atoms with Crippen LogP contribution in [0.3, 0.4) is 0 Å². The van der Waals surface area contributed by atoms with Crippen molar-refractivity contribution in [2.75, 3.05) is 19.6 Å². The Kier molecular flexibility index (Phi) is 5.48. The molecule has 1 aromatic rings. The van der Waals surface area contributed by atoms with E-state index in [1.807, 2.05) is 11.0 Å². The maximum absolute atomic E-state index is 12.8. The summed E-state index contributed by atoms with van der Waals surface area (Å²) >= 11 is 0.